The summed E-state index contributed by atoms with van der Waals surface area (Å²) < 4.78 is 9.71. The van der Waals surface area contributed by atoms with Gasteiger partial charge in [-0.1, -0.05) is 0 Å². The van der Waals surface area contributed by atoms with Crippen LogP contribution in [0, 0.1) is 0 Å². The van der Waals surface area contributed by atoms with E-state index >= 15 is 0 Å². The Bertz CT molecular complexity index is 339. The molecule has 14 heavy (non-hydrogen) atoms. The van der Waals surface area contributed by atoms with E-state index < -0.39 is 5.97 Å². The van der Waals surface area contributed by atoms with Gasteiger partial charge >= 0.3 is 5.97 Å². The van der Waals surface area contributed by atoms with Crippen LogP contribution in [-0.2, 0) is 4.74 Å². The third kappa shape index (κ3) is 2.12. The van der Waals surface area contributed by atoms with Crippen molar-refractivity contribution >= 4 is 11.8 Å². The van der Waals surface area contributed by atoms with Crippen LogP contribution >= 0.6 is 0 Å². The molecule has 0 spiro atoms. The van der Waals surface area contributed by atoms with E-state index in [2.05, 4.69) is 4.98 Å². The lowest BCUT2D eigenvalue weighted by atomic mass is 10.2. The molecular weight excluding hydrogens is 184 g/mol. The van der Waals surface area contributed by atoms with E-state index in [1.54, 1.807) is 6.92 Å². The molecule has 0 saturated carbocycles. The molecule has 0 aliphatic carbocycles. The van der Waals surface area contributed by atoms with Crippen molar-refractivity contribution in [2.45, 2.75) is 6.92 Å². The second-order valence-corrected chi connectivity index (χ2v) is 2.53. The molecule has 5 nitrogen and oxygen atoms in total. The fraction of sp³-hybridized carbons (Fsp3) is 0.333. The quantitative estimate of drug-likeness (QED) is 0.725. The Morgan fingerprint density at radius 3 is 2.93 bits per heavy atom. The molecule has 1 aromatic heterocycles. The smallest absolute Gasteiger partial charge is 0.342 e. The average molecular weight is 196 g/mol. The van der Waals surface area contributed by atoms with Crippen LogP contribution < -0.4 is 10.5 Å². The fourth-order valence-electron chi connectivity index (χ4n) is 0.940. The fourth-order valence-corrected chi connectivity index (χ4v) is 0.940. The van der Waals surface area contributed by atoms with E-state index in [9.17, 15) is 4.79 Å². The molecule has 0 aliphatic heterocycles. The number of carbonyl (C=O) groups excluding carboxylic acids is 1. The normalized spacial score (nSPS) is 9.57. The van der Waals surface area contributed by atoms with Crippen LogP contribution in [0.5, 0.6) is 5.75 Å². The maximum Gasteiger partial charge on any atom is 0.342 e. The van der Waals surface area contributed by atoms with Crippen molar-refractivity contribution in [3.63, 3.8) is 0 Å². The number of hydrogen-bond acceptors (Lipinski definition) is 5. The van der Waals surface area contributed by atoms with Gasteiger partial charge in [0, 0.05) is 0 Å². The summed E-state index contributed by atoms with van der Waals surface area (Å²) in [5.74, 6) is 0.128. The molecule has 76 valence electrons. The Morgan fingerprint density at radius 1 is 1.64 bits per heavy atom. The lowest BCUT2D eigenvalue weighted by molar-refractivity contribution is 0.0527. The zero-order chi connectivity index (χ0) is 10.6. The summed E-state index contributed by atoms with van der Waals surface area (Å²) in [7, 11) is 1.49. The van der Waals surface area contributed by atoms with Crippen molar-refractivity contribution in [2.75, 3.05) is 19.5 Å². The number of methoxy groups -OCH3 is 1. The predicted octanol–water partition coefficient (Wildman–Crippen LogP) is 0.849. The van der Waals surface area contributed by atoms with Crippen LogP contribution in [0.1, 0.15) is 17.3 Å². The maximum atomic E-state index is 11.3. The number of pyridine rings is 1. The second kappa shape index (κ2) is 4.45. The van der Waals surface area contributed by atoms with Crippen molar-refractivity contribution in [3.05, 3.63) is 17.8 Å². The number of aromatic nitrogens is 1. The number of nitrogen functional groups attached to an aromatic ring is 1. The van der Waals surface area contributed by atoms with Gasteiger partial charge in [-0.05, 0) is 13.0 Å². The number of rotatable bonds is 3. The van der Waals surface area contributed by atoms with E-state index in [1.807, 2.05) is 0 Å². The highest BCUT2D eigenvalue weighted by molar-refractivity contribution is 5.94. The summed E-state index contributed by atoms with van der Waals surface area (Å²) in [4.78, 5) is 15.1. The predicted molar refractivity (Wildman–Crippen MR) is 51.2 cm³/mol. The lowest BCUT2D eigenvalue weighted by Crippen LogP contribution is -2.09. The van der Waals surface area contributed by atoms with Crippen molar-refractivity contribution in [1.82, 2.24) is 4.98 Å². The van der Waals surface area contributed by atoms with Gasteiger partial charge in [0.15, 0.2) is 0 Å². The lowest BCUT2D eigenvalue weighted by Gasteiger charge is -2.05. The zero-order valence-electron chi connectivity index (χ0n) is 8.11. The Hall–Kier alpha value is -1.78. The first-order valence-electron chi connectivity index (χ1n) is 4.15. The zero-order valence-corrected chi connectivity index (χ0v) is 8.11. The summed E-state index contributed by atoms with van der Waals surface area (Å²) in [6.45, 7) is 2.02. The van der Waals surface area contributed by atoms with Crippen LogP contribution in [0.3, 0.4) is 0 Å². The standard InChI is InChI=1S/C9H12N2O3/c1-3-14-9(12)7-4-6(13-2)5-11-8(7)10/h4-5H,3H2,1-2H3,(H2,10,11). The molecule has 0 fully saturated rings. The van der Waals surface area contributed by atoms with Gasteiger partial charge in [-0.15, -0.1) is 0 Å². The van der Waals surface area contributed by atoms with Crippen LogP contribution in [0.4, 0.5) is 5.82 Å². The number of nitrogens with zero attached hydrogens (tertiary/aromatic N) is 1. The number of nitrogens with two attached hydrogens (primary N) is 1. The van der Waals surface area contributed by atoms with Gasteiger partial charge in [0.25, 0.3) is 0 Å². The molecule has 2 N–H and O–H groups in total. The van der Waals surface area contributed by atoms with Crippen LogP contribution in [-0.4, -0.2) is 24.7 Å². The number of ether oxygens (including phenoxy) is 2. The van der Waals surface area contributed by atoms with E-state index in [0.717, 1.165) is 0 Å². The van der Waals surface area contributed by atoms with Gasteiger partial charge in [-0.3, -0.25) is 0 Å². The van der Waals surface area contributed by atoms with E-state index in [1.165, 1.54) is 19.4 Å². The molecule has 0 radical (unpaired) electrons. The van der Waals surface area contributed by atoms with Gasteiger partial charge in [0.2, 0.25) is 0 Å². The topological polar surface area (TPSA) is 74.4 Å². The average Bonchev–Trinajstić information content (AvgIpc) is 2.19. The number of esters is 1. The van der Waals surface area contributed by atoms with E-state index in [4.69, 9.17) is 15.2 Å². The maximum absolute atomic E-state index is 11.3. The molecule has 0 atom stereocenters. The minimum atomic E-state index is -0.489. The summed E-state index contributed by atoms with van der Waals surface area (Å²) in [6, 6.07) is 1.50. The van der Waals surface area contributed by atoms with Crippen LogP contribution in [0.15, 0.2) is 12.3 Å². The minimum absolute atomic E-state index is 0.143. The molecular formula is C9H12N2O3. The highest BCUT2D eigenvalue weighted by Gasteiger charge is 2.12. The largest absolute Gasteiger partial charge is 0.495 e. The summed E-state index contributed by atoms with van der Waals surface area (Å²) in [5.41, 5.74) is 5.74. The molecule has 0 unspecified atom stereocenters. The van der Waals surface area contributed by atoms with Crippen molar-refractivity contribution in [2.24, 2.45) is 0 Å². The number of anilines is 1. The second-order valence-electron chi connectivity index (χ2n) is 2.53. The van der Waals surface area contributed by atoms with Crippen LogP contribution in [0.2, 0.25) is 0 Å². The Morgan fingerprint density at radius 2 is 2.36 bits per heavy atom. The third-order valence-electron chi connectivity index (χ3n) is 1.62. The Kier molecular flexibility index (Phi) is 3.28. The van der Waals surface area contributed by atoms with Crippen LogP contribution in [0.25, 0.3) is 0 Å². The minimum Gasteiger partial charge on any atom is -0.495 e. The van der Waals surface area contributed by atoms with Crippen molar-refractivity contribution < 1.29 is 14.3 Å². The first-order valence-corrected chi connectivity index (χ1v) is 4.15. The third-order valence-corrected chi connectivity index (χ3v) is 1.62. The van der Waals surface area contributed by atoms with Crippen molar-refractivity contribution in [1.29, 1.82) is 0 Å². The van der Waals surface area contributed by atoms with Gasteiger partial charge in [0.05, 0.1) is 19.9 Å². The summed E-state index contributed by atoms with van der Waals surface area (Å²) in [5, 5.41) is 0. The molecule has 0 bridgehead atoms. The van der Waals surface area contributed by atoms with Gasteiger partial charge in [-0.25, -0.2) is 9.78 Å². The molecule has 0 amide bonds. The van der Waals surface area contributed by atoms with Gasteiger partial charge < -0.3 is 15.2 Å². The van der Waals surface area contributed by atoms with E-state index in [0.29, 0.717) is 12.4 Å². The van der Waals surface area contributed by atoms with Gasteiger partial charge in [-0.2, -0.15) is 0 Å². The molecule has 1 heterocycles. The first kappa shape index (κ1) is 10.3. The van der Waals surface area contributed by atoms with Gasteiger partial charge in [0.1, 0.15) is 17.1 Å². The molecule has 5 heteroatoms. The molecule has 1 rings (SSSR count). The first-order chi connectivity index (χ1) is 6.69. The monoisotopic (exact) mass is 196 g/mol. The Balaban J connectivity index is 2.99. The summed E-state index contributed by atoms with van der Waals surface area (Å²) >= 11 is 0. The van der Waals surface area contributed by atoms with E-state index in [-0.39, 0.29) is 11.4 Å². The number of hydrogen-bond donors (Lipinski definition) is 1. The molecule has 0 saturated heterocycles. The summed E-state index contributed by atoms with van der Waals surface area (Å²) in [6.07, 6.45) is 1.44. The van der Waals surface area contributed by atoms with Crippen molar-refractivity contribution in [3.8, 4) is 5.75 Å². The highest BCUT2D eigenvalue weighted by Crippen LogP contribution is 2.17. The highest BCUT2D eigenvalue weighted by atomic mass is 16.5. The number of carbonyl (C=O) groups is 1. The Labute approximate surface area is 81.8 Å². The molecule has 1 aromatic rings. The SMILES string of the molecule is CCOC(=O)c1cc(OC)cnc1N. The molecule has 0 aliphatic rings. The molecule has 0 aromatic carbocycles.